The predicted octanol–water partition coefficient (Wildman–Crippen LogP) is 2.63. The Hall–Kier alpha value is -0.890. The van der Waals surface area contributed by atoms with Crippen LogP contribution in [0.15, 0.2) is 12.1 Å². The lowest BCUT2D eigenvalue weighted by molar-refractivity contribution is 0.572. The standard InChI is InChI=1S/C12H16FN/c1-8(2)3-9-4-10-6-14-7-11(10)5-12(9)13/h4-5,8,14H,3,6-7H2,1-2H3. The monoisotopic (exact) mass is 193 g/mol. The molecular formula is C12H16FN. The normalized spacial score (nSPS) is 14.9. The summed E-state index contributed by atoms with van der Waals surface area (Å²) in [5, 5.41) is 3.23. The average Bonchev–Trinajstić information content (AvgIpc) is 2.51. The molecule has 0 saturated heterocycles. The Bertz CT molecular complexity index is 344. The zero-order chi connectivity index (χ0) is 10.1. The number of rotatable bonds is 2. The molecule has 14 heavy (non-hydrogen) atoms. The van der Waals surface area contributed by atoms with Gasteiger partial charge < -0.3 is 5.32 Å². The molecule has 2 rings (SSSR count). The molecule has 1 N–H and O–H groups in total. The van der Waals surface area contributed by atoms with Crippen molar-refractivity contribution in [3.63, 3.8) is 0 Å². The molecule has 0 amide bonds. The van der Waals surface area contributed by atoms with Gasteiger partial charge in [0.15, 0.2) is 0 Å². The van der Waals surface area contributed by atoms with Crippen LogP contribution in [-0.4, -0.2) is 0 Å². The Morgan fingerprint density at radius 1 is 1.29 bits per heavy atom. The molecule has 0 aromatic heterocycles. The smallest absolute Gasteiger partial charge is 0.126 e. The van der Waals surface area contributed by atoms with E-state index in [1.807, 2.05) is 6.07 Å². The van der Waals surface area contributed by atoms with Crippen molar-refractivity contribution in [3.8, 4) is 0 Å². The quantitative estimate of drug-likeness (QED) is 0.761. The predicted molar refractivity (Wildman–Crippen MR) is 55.5 cm³/mol. The van der Waals surface area contributed by atoms with Gasteiger partial charge in [-0.2, -0.15) is 0 Å². The maximum atomic E-state index is 13.6. The molecule has 1 heterocycles. The van der Waals surface area contributed by atoms with Gasteiger partial charge in [-0.3, -0.25) is 0 Å². The van der Waals surface area contributed by atoms with E-state index in [1.165, 1.54) is 5.56 Å². The van der Waals surface area contributed by atoms with Crippen LogP contribution >= 0.6 is 0 Å². The average molecular weight is 193 g/mol. The van der Waals surface area contributed by atoms with E-state index in [0.717, 1.165) is 30.6 Å². The van der Waals surface area contributed by atoms with Crippen LogP contribution in [0.5, 0.6) is 0 Å². The van der Waals surface area contributed by atoms with E-state index in [4.69, 9.17) is 0 Å². The van der Waals surface area contributed by atoms with Crippen LogP contribution in [0.3, 0.4) is 0 Å². The summed E-state index contributed by atoms with van der Waals surface area (Å²) in [5.41, 5.74) is 3.25. The molecule has 0 spiro atoms. The first kappa shape index (κ1) is 9.66. The van der Waals surface area contributed by atoms with Gasteiger partial charge in [0, 0.05) is 13.1 Å². The van der Waals surface area contributed by atoms with Gasteiger partial charge in [-0.15, -0.1) is 0 Å². The molecule has 0 unspecified atom stereocenters. The highest BCUT2D eigenvalue weighted by Crippen LogP contribution is 2.22. The number of nitrogens with one attached hydrogen (secondary N) is 1. The molecule has 0 bridgehead atoms. The third-order valence-corrected chi connectivity index (χ3v) is 2.63. The highest BCUT2D eigenvalue weighted by Gasteiger charge is 2.14. The maximum Gasteiger partial charge on any atom is 0.126 e. The summed E-state index contributed by atoms with van der Waals surface area (Å²) < 4.78 is 13.6. The zero-order valence-electron chi connectivity index (χ0n) is 8.73. The number of halogens is 1. The lowest BCUT2D eigenvalue weighted by Crippen LogP contribution is -2.00. The van der Waals surface area contributed by atoms with Gasteiger partial charge in [0.05, 0.1) is 0 Å². The van der Waals surface area contributed by atoms with Crippen LogP contribution in [0.4, 0.5) is 4.39 Å². The van der Waals surface area contributed by atoms with Crippen molar-refractivity contribution in [1.82, 2.24) is 5.32 Å². The summed E-state index contributed by atoms with van der Waals surface area (Å²) in [5.74, 6) is 0.470. The fraction of sp³-hybridized carbons (Fsp3) is 0.500. The lowest BCUT2D eigenvalue weighted by atomic mass is 9.98. The number of benzene rings is 1. The number of hydrogen-bond acceptors (Lipinski definition) is 1. The lowest BCUT2D eigenvalue weighted by Gasteiger charge is -2.08. The summed E-state index contributed by atoms with van der Waals surface area (Å²) in [6.45, 7) is 5.94. The first-order valence-electron chi connectivity index (χ1n) is 5.17. The Morgan fingerprint density at radius 2 is 1.93 bits per heavy atom. The van der Waals surface area contributed by atoms with E-state index in [0.29, 0.717) is 5.92 Å². The summed E-state index contributed by atoms with van der Waals surface area (Å²) in [6.07, 6.45) is 0.832. The summed E-state index contributed by atoms with van der Waals surface area (Å²) in [7, 11) is 0. The van der Waals surface area contributed by atoms with E-state index >= 15 is 0 Å². The van der Waals surface area contributed by atoms with E-state index in [2.05, 4.69) is 19.2 Å². The van der Waals surface area contributed by atoms with Crippen molar-refractivity contribution < 1.29 is 4.39 Å². The fourth-order valence-electron chi connectivity index (χ4n) is 1.97. The molecule has 76 valence electrons. The highest BCUT2D eigenvalue weighted by atomic mass is 19.1. The largest absolute Gasteiger partial charge is 0.309 e. The minimum absolute atomic E-state index is 0.0406. The second-order valence-corrected chi connectivity index (χ2v) is 4.41. The fourth-order valence-corrected chi connectivity index (χ4v) is 1.97. The van der Waals surface area contributed by atoms with Crippen molar-refractivity contribution >= 4 is 0 Å². The molecule has 2 heteroatoms. The van der Waals surface area contributed by atoms with Crippen molar-refractivity contribution in [3.05, 3.63) is 34.6 Å². The summed E-state index contributed by atoms with van der Waals surface area (Å²) >= 11 is 0. The maximum absolute atomic E-state index is 13.6. The Labute approximate surface area is 84.3 Å². The van der Waals surface area contributed by atoms with Crippen LogP contribution in [0.25, 0.3) is 0 Å². The molecule has 1 aliphatic heterocycles. The van der Waals surface area contributed by atoms with Crippen LogP contribution in [-0.2, 0) is 19.5 Å². The Balaban J connectivity index is 2.32. The van der Waals surface area contributed by atoms with Crippen LogP contribution in [0.1, 0.15) is 30.5 Å². The Morgan fingerprint density at radius 3 is 2.57 bits per heavy atom. The summed E-state index contributed by atoms with van der Waals surface area (Å²) in [6, 6.07) is 3.71. The van der Waals surface area contributed by atoms with Gasteiger partial charge in [0.1, 0.15) is 5.82 Å². The molecule has 0 atom stereocenters. The first-order chi connectivity index (χ1) is 6.66. The molecule has 0 radical (unpaired) electrons. The molecular weight excluding hydrogens is 177 g/mol. The van der Waals surface area contributed by atoms with E-state index in [1.54, 1.807) is 6.07 Å². The Kier molecular flexibility index (Phi) is 2.55. The molecule has 1 nitrogen and oxygen atoms in total. The van der Waals surface area contributed by atoms with Crippen LogP contribution < -0.4 is 5.32 Å². The number of hydrogen-bond donors (Lipinski definition) is 1. The molecule has 1 aromatic rings. The van der Waals surface area contributed by atoms with Gasteiger partial charge in [-0.25, -0.2) is 4.39 Å². The third-order valence-electron chi connectivity index (χ3n) is 2.63. The summed E-state index contributed by atoms with van der Waals surface area (Å²) in [4.78, 5) is 0. The van der Waals surface area contributed by atoms with Gasteiger partial charge in [-0.05, 0) is 35.1 Å². The molecule has 0 aliphatic carbocycles. The zero-order valence-corrected chi connectivity index (χ0v) is 8.73. The first-order valence-corrected chi connectivity index (χ1v) is 5.17. The van der Waals surface area contributed by atoms with Gasteiger partial charge in [0.2, 0.25) is 0 Å². The van der Waals surface area contributed by atoms with Gasteiger partial charge >= 0.3 is 0 Å². The minimum atomic E-state index is -0.0406. The third kappa shape index (κ3) is 1.80. The SMILES string of the molecule is CC(C)Cc1cc2c(cc1F)CNC2. The topological polar surface area (TPSA) is 12.0 Å². The second kappa shape index (κ2) is 3.70. The minimum Gasteiger partial charge on any atom is -0.309 e. The molecule has 0 fully saturated rings. The van der Waals surface area contributed by atoms with E-state index in [-0.39, 0.29) is 5.82 Å². The van der Waals surface area contributed by atoms with Crippen LogP contribution in [0.2, 0.25) is 0 Å². The van der Waals surface area contributed by atoms with Crippen molar-refractivity contribution in [2.45, 2.75) is 33.4 Å². The molecule has 0 saturated carbocycles. The van der Waals surface area contributed by atoms with Crippen molar-refractivity contribution in [1.29, 1.82) is 0 Å². The van der Waals surface area contributed by atoms with Crippen molar-refractivity contribution in [2.24, 2.45) is 5.92 Å². The van der Waals surface area contributed by atoms with Crippen LogP contribution in [0, 0.1) is 11.7 Å². The van der Waals surface area contributed by atoms with Crippen molar-refractivity contribution in [2.75, 3.05) is 0 Å². The second-order valence-electron chi connectivity index (χ2n) is 4.41. The molecule has 1 aromatic carbocycles. The van der Waals surface area contributed by atoms with E-state index in [9.17, 15) is 4.39 Å². The number of fused-ring (bicyclic) bond motifs is 1. The molecule has 1 aliphatic rings. The van der Waals surface area contributed by atoms with Gasteiger partial charge in [0.25, 0.3) is 0 Å². The van der Waals surface area contributed by atoms with Gasteiger partial charge in [-0.1, -0.05) is 19.9 Å². The highest BCUT2D eigenvalue weighted by molar-refractivity contribution is 5.35. The van der Waals surface area contributed by atoms with E-state index < -0.39 is 0 Å².